The second-order valence-corrected chi connectivity index (χ2v) is 17.6. The minimum Gasteiger partial charge on any atom is -0.449 e. The molecule has 63 heavy (non-hydrogen) atoms. The molecular formula is C47H65IN6O9. The Hall–Kier alpha value is -4.86. The Kier molecular flexibility index (Phi) is 22.8. The summed E-state index contributed by atoms with van der Waals surface area (Å²) < 4.78 is 11.1. The first-order valence-corrected chi connectivity index (χ1v) is 23.2. The van der Waals surface area contributed by atoms with Gasteiger partial charge >= 0.3 is 5.97 Å². The number of amides is 5. The molecule has 5 amide bonds. The zero-order valence-electron chi connectivity index (χ0n) is 37.2. The molecule has 3 rings (SSSR count). The quantitative estimate of drug-likeness (QED) is 0.0404. The Morgan fingerprint density at radius 1 is 0.762 bits per heavy atom. The number of esters is 1. The number of hydrogen-bond donors (Lipinski definition) is 5. The highest BCUT2D eigenvalue weighted by Crippen LogP contribution is 2.22. The van der Waals surface area contributed by atoms with Crippen LogP contribution in [0.4, 0.5) is 0 Å². The summed E-state index contributed by atoms with van der Waals surface area (Å²) >= 11 is 1.94. The van der Waals surface area contributed by atoms with Crippen molar-refractivity contribution < 1.29 is 43.0 Å². The summed E-state index contributed by atoms with van der Waals surface area (Å²) in [7, 11) is 0. The van der Waals surface area contributed by atoms with Crippen LogP contribution in [0.1, 0.15) is 77.8 Å². The lowest BCUT2D eigenvalue weighted by Crippen LogP contribution is -2.60. The summed E-state index contributed by atoms with van der Waals surface area (Å²) in [5.41, 5.74) is 0.0390. The molecule has 5 atom stereocenters. The van der Waals surface area contributed by atoms with Crippen LogP contribution in [0.15, 0.2) is 60.7 Å². The van der Waals surface area contributed by atoms with E-state index >= 15 is 0 Å². The van der Waals surface area contributed by atoms with Crippen LogP contribution in [0.25, 0.3) is 0 Å². The van der Waals surface area contributed by atoms with Crippen molar-refractivity contribution in [1.82, 2.24) is 31.5 Å². The van der Waals surface area contributed by atoms with Crippen LogP contribution in [0.5, 0.6) is 0 Å². The fourth-order valence-electron chi connectivity index (χ4n) is 6.95. The van der Waals surface area contributed by atoms with E-state index in [0.717, 1.165) is 11.1 Å². The van der Waals surface area contributed by atoms with Gasteiger partial charge in [-0.25, -0.2) is 0 Å². The van der Waals surface area contributed by atoms with E-state index < -0.39 is 71.7 Å². The van der Waals surface area contributed by atoms with Crippen molar-refractivity contribution >= 4 is 63.9 Å². The molecule has 1 heterocycles. The zero-order valence-corrected chi connectivity index (χ0v) is 39.4. The monoisotopic (exact) mass is 984 g/mol. The van der Waals surface area contributed by atoms with Crippen LogP contribution in [0.2, 0.25) is 0 Å². The molecular weight excluding hydrogens is 919 g/mol. The molecule has 16 heteroatoms. The Bertz CT molecular complexity index is 1850. The highest BCUT2D eigenvalue weighted by Gasteiger charge is 2.42. The van der Waals surface area contributed by atoms with E-state index in [0.29, 0.717) is 32.7 Å². The van der Waals surface area contributed by atoms with Crippen LogP contribution in [-0.4, -0.2) is 120 Å². The molecule has 0 radical (unpaired) electrons. The van der Waals surface area contributed by atoms with Crippen molar-refractivity contribution in [3.8, 4) is 12.3 Å². The molecule has 0 saturated carbocycles. The van der Waals surface area contributed by atoms with E-state index in [4.69, 9.17) is 15.9 Å². The molecule has 0 aliphatic carbocycles. The fourth-order valence-corrected chi connectivity index (χ4v) is 7.48. The SMILES string of the molecule is C#CCCC(=O)NCC(=O)O[C@](C)(CI)C(=O)[C@H](CC(C)C)NC(=O)[C@H](Cc1ccccc1)NC(=O)[C@H](CC(C)C)NC(=O)[C@H](CCc1ccccc1)NC(=O)CN1CCOCC1. The summed E-state index contributed by atoms with van der Waals surface area (Å²) in [6.07, 6.45) is 6.69. The third-order valence-corrected chi connectivity index (χ3v) is 11.8. The van der Waals surface area contributed by atoms with E-state index in [-0.39, 0.29) is 67.2 Å². The van der Waals surface area contributed by atoms with Crippen LogP contribution < -0.4 is 26.6 Å². The van der Waals surface area contributed by atoms with Gasteiger partial charge in [0.05, 0.1) is 25.8 Å². The molecule has 1 aliphatic rings. The highest BCUT2D eigenvalue weighted by atomic mass is 127. The van der Waals surface area contributed by atoms with Crippen molar-refractivity contribution in [3.63, 3.8) is 0 Å². The van der Waals surface area contributed by atoms with Crippen molar-refractivity contribution in [2.75, 3.05) is 43.8 Å². The number of aryl methyl sites for hydroxylation is 1. The second kappa shape index (κ2) is 27.4. The summed E-state index contributed by atoms with van der Waals surface area (Å²) in [6, 6.07) is 14.3. The Labute approximate surface area is 385 Å². The van der Waals surface area contributed by atoms with Crippen molar-refractivity contribution in [3.05, 3.63) is 71.8 Å². The summed E-state index contributed by atoms with van der Waals surface area (Å²) in [5, 5.41) is 14.0. The topological polar surface area (TPSA) is 201 Å². The van der Waals surface area contributed by atoms with Crippen LogP contribution in [-0.2, 0) is 55.9 Å². The third kappa shape index (κ3) is 19.2. The lowest BCUT2D eigenvalue weighted by Gasteiger charge is -2.32. The number of terminal acetylenes is 1. The van der Waals surface area contributed by atoms with Gasteiger partial charge in [-0.2, -0.15) is 0 Å². The average Bonchev–Trinajstić information content (AvgIpc) is 3.25. The molecule has 0 spiro atoms. The number of nitrogens with one attached hydrogen (secondary N) is 5. The van der Waals surface area contributed by atoms with Gasteiger partial charge < -0.3 is 36.1 Å². The number of rotatable bonds is 26. The summed E-state index contributed by atoms with van der Waals surface area (Å²) in [4.78, 5) is 97.2. The van der Waals surface area contributed by atoms with Gasteiger partial charge in [-0.3, -0.25) is 38.5 Å². The highest BCUT2D eigenvalue weighted by molar-refractivity contribution is 14.1. The molecule has 2 aromatic rings. The molecule has 0 unspecified atom stereocenters. The number of halogens is 1. The number of morpholine rings is 1. The Morgan fingerprint density at radius 3 is 1.89 bits per heavy atom. The van der Waals surface area contributed by atoms with E-state index in [1.165, 1.54) is 6.92 Å². The van der Waals surface area contributed by atoms with Crippen LogP contribution >= 0.6 is 22.6 Å². The molecule has 0 aromatic heterocycles. The Balaban J connectivity index is 1.85. The zero-order chi connectivity index (χ0) is 46.4. The number of Topliss-reactive ketones (excluding diaryl/α,β-unsaturated/α-hetero) is 1. The van der Waals surface area contributed by atoms with E-state index in [1.54, 1.807) is 12.1 Å². The average molecular weight is 985 g/mol. The molecule has 344 valence electrons. The molecule has 0 bridgehead atoms. The standard InChI is InChI=1S/C47H65IN6O9/c1-7-8-19-40(55)49-29-42(57)63-47(6,31-48)43(58)37(26-32(2)3)51-46(61)39(28-35-17-13-10-14-18-35)53-45(60)38(27-33(4)5)52-44(59)36(21-20-34-15-11-9-12-16-34)50-41(56)30-54-22-24-62-25-23-54/h1,9-18,32-33,36-39H,8,19-31H2,2-6H3,(H,49,55)(H,50,56)(H,51,61)(H,52,59)(H,53,60)/t36-,37-,38-,39-,47+/m0/s1. The number of carbonyl (C=O) groups excluding carboxylic acids is 7. The number of hydrogen-bond acceptors (Lipinski definition) is 10. The first kappa shape index (κ1) is 52.5. The molecule has 2 aromatic carbocycles. The van der Waals surface area contributed by atoms with Gasteiger partial charge in [-0.1, -0.05) is 111 Å². The number of benzene rings is 2. The number of nitrogens with zero attached hydrogens (tertiary/aromatic N) is 1. The second-order valence-electron chi connectivity index (χ2n) is 16.8. The van der Waals surface area contributed by atoms with Crippen LogP contribution in [0.3, 0.4) is 0 Å². The maximum Gasteiger partial charge on any atom is 0.326 e. The fraction of sp³-hybridized carbons (Fsp3) is 0.553. The van der Waals surface area contributed by atoms with Gasteiger partial charge in [-0.15, -0.1) is 12.3 Å². The predicted molar refractivity (Wildman–Crippen MR) is 248 cm³/mol. The maximum atomic E-state index is 14.4. The number of carbonyl (C=O) groups is 7. The first-order chi connectivity index (χ1) is 30.0. The maximum absolute atomic E-state index is 14.4. The predicted octanol–water partition coefficient (Wildman–Crippen LogP) is 3.06. The molecule has 1 aliphatic heterocycles. The van der Waals surface area contributed by atoms with E-state index in [9.17, 15) is 33.6 Å². The summed E-state index contributed by atoms with van der Waals surface area (Å²) in [5.74, 6) is -1.73. The molecule has 15 nitrogen and oxygen atoms in total. The van der Waals surface area contributed by atoms with E-state index in [1.807, 2.05) is 104 Å². The lowest BCUT2D eigenvalue weighted by molar-refractivity contribution is -0.163. The van der Waals surface area contributed by atoms with Gasteiger partial charge in [0.1, 0.15) is 24.7 Å². The van der Waals surface area contributed by atoms with E-state index in [2.05, 4.69) is 32.5 Å². The normalized spacial score (nSPS) is 15.7. The first-order valence-electron chi connectivity index (χ1n) is 21.6. The van der Waals surface area contributed by atoms with Crippen molar-refractivity contribution in [2.45, 2.75) is 109 Å². The van der Waals surface area contributed by atoms with Gasteiger partial charge in [0.2, 0.25) is 29.5 Å². The van der Waals surface area contributed by atoms with Gasteiger partial charge in [0.15, 0.2) is 11.4 Å². The molecule has 1 saturated heterocycles. The molecule has 1 fully saturated rings. The van der Waals surface area contributed by atoms with Crippen LogP contribution in [0, 0.1) is 24.2 Å². The third-order valence-electron chi connectivity index (χ3n) is 10.3. The number of alkyl halides is 1. The smallest absolute Gasteiger partial charge is 0.326 e. The van der Waals surface area contributed by atoms with Gasteiger partial charge in [-0.05, 0) is 55.6 Å². The minimum atomic E-state index is -1.67. The number of ether oxygens (including phenoxy) is 2. The minimum absolute atomic E-state index is 0.0310. The number of ketones is 1. The summed E-state index contributed by atoms with van der Waals surface area (Å²) in [6.45, 7) is 10.9. The van der Waals surface area contributed by atoms with Gasteiger partial charge in [0, 0.05) is 36.8 Å². The largest absolute Gasteiger partial charge is 0.449 e. The lowest BCUT2D eigenvalue weighted by atomic mass is 9.90. The Morgan fingerprint density at radius 2 is 1.30 bits per heavy atom. The van der Waals surface area contributed by atoms with Crippen molar-refractivity contribution in [2.24, 2.45) is 11.8 Å². The van der Waals surface area contributed by atoms with Crippen molar-refractivity contribution in [1.29, 1.82) is 0 Å². The van der Waals surface area contributed by atoms with Gasteiger partial charge in [0.25, 0.3) is 0 Å². The molecule has 5 N–H and O–H groups in total.